The lowest BCUT2D eigenvalue weighted by molar-refractivity contribution is -0.132. The number of ether oxygens (including phenoxy) is 1. The number of aryl methyl sites for hydroxylation is 1. The molecule has 0 bridgehead atoms. The summed E-state index contributed by atoms with van der Waals surface area (Å²) in [6.45, 7) is 0. The van der Waals surface area contributed by atoms with Gasteiger partial charge in [-0.2, -0.15) is 0 Å². The summed E-state index contributed by atoms with van der Waals surface area (Å²) in [5.74, 6) is -1.05. The van der Waals surface area contributed by atoms with Gasteiger partial charge in [0.15, 0.2) is 0 Å². The first-order valence-electron chi connectivity index (χ1n) is 4.65. The maximum Gasteiger partial charge on any atom is 0.335 e. The standard InChI is InChI=1S/C11H13NO4/c1-12-4-3-8(6-10(12)13)5-9(7-16-2)11(14)15/h3-4,6-7H,5H2,1-2H3,(H,14,15)/b9-7-. The Balaban J connectivity index is 2.95. The SMILES string of the molecule is CO/C=C(/Cc1ccn(C)c(=O)c1)C(=O)O. The second-order valence-corrected chi connectivity index (χ2v) is 3.34. The summed E-state index contributed by atoms with van der Waals surface area (Å²) in [6, 6.07) is 3.11. The molecule has 0 aromatic carbocycles. The zero-order valence-corrected chi connectivity index (χ0v) is 9.14. The van der Waals surface area contributed by atoms with Crippen molar-refractivity contribution in [2.24, 2.45) is 7.05 Å². The van der Waals surface area contributed by atoms with Crippen molar-refractivity contribution in [1.29, 1.82) is 0 Å². The van der Waals surface area contributed by atoms with E-state index in [2.05, 4.69) is 4.74 Å². The highest BCUT2D eigenvalue weighted by atomic mass is 16.5. The number of aromatic nitrogens is 1. The molecule has 0 aliphatic heterocycles. The quantitative estimate of drug-likeness (QED) is 0.597. The van der Waals surface area contributed by atoms with Gasteiger partial charge >= 0.3 is 5.97 Å². The minimum Gasteiger partial charge on any atom is -0.504 e. The average Bonchev–Trinajstić information content (AvgIpc) is 2.22. The summed E-state index contributed by atoms with van der Waals surface area (Å²) in [5, 5.41) is 8.86. The number of pyridine rings is 1. The summed E-state index contributed by atoms with van der Waals surface area (Å²) >= 11 is 0. The Morgan fingerprint density at radius 2 is 2.31 bits per heavy atom. The van der Waals surface area contributed by atoms with Crippen LogP contribution in [-0.2, 0) is 23.0 Å². The second kappa shape index (κ2) is 5.16. The van der Waals surface area contributed by atoms with Gasteiger partial charge < -0.3 is 14.4 Å². The molecule has 0 amide bonds. The lowest BCUT2D eigenvalue weighted by Gasteiger charge is -2.03. The van der Waals surface area contributed by atoms with Crippen LogP contribution in [0.5, 0.6) is 0 Å². The Labute approximate surface area is 92.6 Å². The van der Waals surface area contributed by atoms with Crippen LogP contribution in [0.1, 0.15) is 5.56 Å². The van der Waals surface area contributed by atoms with E-state index in [1.165, 1.54) is 24.0 Å². The van der Waals surface area contributed by atoms with Crippen molar-refractivity contribution >= 4 is 5.97 Å². The monoisotopic (exact) mass is 223 g/mol. The van der Waals surface area contributed by atoms with E-state index in [1.54, 1.807) is 19.3 Å². The highest BCUT2D eigenvalue weighted by molar-refractivity contribution is 5.86. The molecular weight excluding hydrogens is 210 g/mol. The van der Waals surface area contributed by atoms with Crippen LogP contribution in [-0.4, -0.2) is 22.8 Å². The molecule has 1 aromatic heterocycles. The molecule has 0 unspecified atom stereocenters. The van der Waals surface area contributed by atoms with Gasteiger partial charge in [0.1, 0.15) is 0 Å². The number of hydrogen-bond acceptors (Lipinski definition) is 3. The van der Waals surface area contributed by atoms with E-state index in [0.717, 1.165) is 0 Å². The van der Waals surface area contributed by atoms with Crippen LogP contribution in [0.2, 0.25) is 0 Å². The number of carboxylic acids is 1. The number of rotatable bonds is 4. The van der Waals surface area contributed by atoms with Crippen LogP contribution in [0.3, 0.4) is 0 Å². The summed E-state index contributed by atoms with van der Waals surface area (Å²) in [6.07, 6.45) is 2.93. The van der Waals surface area contributed by atoms with Gasteiger partial charge in [0.2, 0.25) is 0 Å². The summed E-state index contributed by atoms with van der Waals surface area (Å²) in [4.78, 5) is 22.1. The number of hydrogen-bond donors (Lipinski definition) is 1. The summed E-state index contributed by atoms with van der Waals surface area (Å²) in [5.41, 5.74) is 0.587. The smallest absolute Gasteiger partial charge is 0.335 e. The van der Waals surface area contributed by atoms with Crippen molar-refractivity contribution in [3.8, 4) is 0 Å². The topological polar surface area (TPSA) is 68.5 Å². The molecule has 0 saturated carbocycles. The van der Waals surface area contributed by atoms with E-state index < -0.39 is 5.97 Å². The summed E-state index contributed by atoms with van der Waals surface area (Å²) in [7, 11) is 3.02. The predicted octanol–water partition coefficient (Wildman–Crippen LogP) is 0.543. The number of carboxylic acid groups (broad SMARTS) is 1. The highest BCUT2D eigenvalue weighted by Gasteiger charge is 2.09. The van der Waals surface area contributed by atoms with Crippen molar-refractivity contribution < 1.29 is 14.6 Å². The van der Waals surface area contributed by atoms with Gasteiger partial charge in [0.25, 0.3) is 5.56 Å². The Bertz CT molecular complexity index is 473. The average molecular weight is 223 g/mol. The van der Waals surface area contributed by atoms with E-state index >= 15 is 0 Å². The Kier molecular flexibility index (Phi) is 3.88. The van der Waals surface area contributed by atoms with Crippen LogP contribution < -0.4 is 5.56 Å². The van der Waals surface area contributed by atoms with E-state index in [9.17, 15) is 9.59 Å². The molecule has 0 radical (unpaired) electrons. The van der Waals surface area contributed by atoms with Gasteiger partial charge in [0.05, 0.1) is 18.9 Å². The minimum absolute atomic E-state index is 0.107. The fourth-order valence-electron chi connectivity index (χ4n) is 1.23. The van der Waals surface area contributed by atoms with Gasteiger partial charge in [-0.05, 0) is 11.6 Å². The second-order valence-electron chi connectivity index (χ2n) is 3.34. The Morgan fingerprint density at radius 3 is 2.81 bits per heavy atom. The van der Waals surface area contributed by atoms with Crippen LogP contribution in [0, 0.1) is 0 Å². The van der Waals surface area contributed by atoms with Gasteiger partial charge in [-0.1, -0.05) is 0 Å². The maximum atomic E-state index is 11.3. The highest BCUT2D eigenvalue weighted by Crippen LogP contribution is 2.06. The molecule has 5 heteroatoms. The van der Waals surface area contributed by atoms with Crippen LogP contribution in [0.15, 0.2) is 35.0 Å². The third kappa shape index (κ3) is 2.98. The number of methoxy groups -OCH3 is 1. The molecule has 1 N–H and O–H groups in total. The third-order valence-corrected chi connectivity index (χ3v) is 2.10. The van der Waals surface area contributed by atoms with Gasteiger partial charge in [-0.3, -0.25) is 4.79 Å². The van der Waals surface area contributed by atoms with Crippen molar-refractivity contribution in [3.05, 3.63) is 46.1 Å². The first-order valence-corrected chi connectivity index (χ1v) is 4.65. The minimum atomic E-state index is -1.05. The van der Waals surface area contributed by atoms with Crippen molar-refractivity contribution in [2.75, 3.05) is 7.11 Å². The van der Waals surface area contributed by atoms with E-state index in [-0.39, 0.29) is 17.6 Å². The molecule has 0 aliphatic carbocycles. The molecule has 0 aliphatic rings. The van der Waals surface area contributed by atoms with Crippen molar-refractivity contribution in [3.63, 3.8) is 0 Å². The molecule has 0 fully saturated rings. The van der Waals surface area contributed by atoms with Crippen molar-refractivity contribution in [1.82, 2.24) is 4.57 Å². The van der Waals surface area contributed by atoms with Crippen LogP contribution in [0.25, 0.3) is 0 Å². The fraction of sp³-hybridized carbons (Fsp3) is 0.273. The molecule has 5 nitrogen and oxygen atoms in total. The van der Waals surface area contributed by atoms with E-state index in [0.29, 0.717) is 5.56 Å². The van der Waals surface area contributed by atoms with Crippen LogP contribution >= 0.6 is 0 Å². The lowest BCUT2D eigenvalue weighted by atomic mass is 10.1. The molecule has 0 saturated heterocycles. The number of aliphatic carboxylic acids is 1. The Hall–Kier alpha value is -2.04. The largest absolute Gasteiger partial charge is 0.504 e. The normalized spacial score (nSPS) is 11.2. The third-order valence-electron chi connectivity index (χ3n) is 2.10. The molecule has 0 atom stereocenters. The molecular formula is C11H13NO4. The zero-order chi connectivity index (χ0) is 12.1. The zero-order valence-electron chi connectivity index (χ0n) is 9.14. The molecule has 86 valence electrons. The molecule has 1 aromatic rings. The Morgan fingerprint density at radius 1 is 1.62 bits per heavy atom. The molecule has 1 rings (SSSR count). The molecule has 16 heavy (non-hydrogen) atoms. The first-order chi connectivity index (χ1) is 7.54. The predicted molar refractivity (Wildman–Crippen MR) is 58.1 cm³/mol. The first kappa shape index (κ1) is 12.0. The molecule has 1 heterocycles. The number of nitrogens with zero attached hydrogens (tertiary/aromatic N) is 1. The lowest BCUT2D eigenvalue weighted by Crippen LogP contribution is -2.16. The fourth-order valence-corrected chi connectivity index (χ4v) is 1.23. The maximum absolute atomic E-state index is 11.3. The van der Waals surface area contributed by atoms with Crippen LogP contribution in [0.4, 0.5) is 0 Å². The number of carbonyl (C=O) groups is 1. The van der Waals surface area contributed by atoms with E-state index in [1.807, 2.05) is 0 Å². The van der Waals surface area contributed by atoms with Gasteiger partial charge in [0, 0.05) is 25.7 Å². The van der Waals surface area contributed by atoms with Crippen molar-refractivity contribution in [2.45, 2.75) is 6.42 Å². The van der Waals surface area contributed by atoms with Gasteiger partial charge in [-0.15, -0.1) is 0 Å². The molecule has 0 spiro atoms. The van der Waals surface area contributed by atoms with E-state index in [4.69, 9.17) is 5.11 Å². The van der Waals surface area contributed by atoms with Gasteiger partial charge in [-0.25, -0.2) is 4.79 Å². The summed E-state index contributed by atoms with van der Waals surface area (Å²) < 4.78 is 6.09.